The van der Waals surface area contributed by atoms with Crippen molar-refractivity contribution in [1.29, 1.82) is 0 Å². The smallest absolute Gasteiger partial charge is 0.335 e. The standard InChI is InChI=1S/C47H65NO9/c1-6-28-25-48-26-29(28)9-18-44-19-12-32(56-38-35(51)33(49)34(50)36(57-38)37(52)53)40(2,3)30(44)10-17-42(5)43-14-8-16-47(42,44)20-11-31(43)46-15-7-13-41(4,27-46)21-22-45(46,24-23-43)39(54)55/h7-8,11,15-16,25-26,30,32-36,38,48-51H,6,9-10,12-14,17-24,27H2,1-5H3,(H,52,53)(H,54,55). The summed E-state index contributed by atoms with van der Waals surface area (Å²) in [6.45, 7) is 11.7. The van der Waals surface area contributed by atoms with Crippen LogP contribution in [0.3, 0.4) is 0 Å². The molecule has 0 aromatic carbocycles. The second kappa shape index (κ2) is 12.9. The van der Waals surface area contributed by atoms with Crippen LogP contribution in [0.4, 0.5) is 0 Å². The summed E-state index contributed by atoms with van der Waals surface area (Å²) in [5.41, 5.74) is 1.84. The predicted octanol–water partition coefficient (Wildman–Crippen LogP) is 7.27. The van der Waals surface area contributed by atoms with Gasteiger partial charge in [-0.3, -0.25) is 4.79 Å². The fourth-order valence-electron chi connectivity index (χ4n) is 16.1. The minimum absolute atomic E-state index is 0.0933. The van der Waals surface area contributed by atoms with Gasteiger partial charge in [0.25, 0.3) is 0 Å². The van der Waals surface area contributed by atoms with Gasteiger partial charge in [-0.15, -0.1) is 0 Å². The van der Waals surface area contributed by atoms with Gasteiger partial charge in [0, 0.05) is 28.6 Å². The van der Waals surface area contributed by atoms with E-state index in [0.717, 1.165) is 83.5 Å². The molecule has 1 aromatic heterocycles. The number of carboxylic acid groups (broad SMARTS) is 2. The Morgan fingerprint density at radius 3 is 2.33 bits per heavy atom. The first-order valence-electron chi connectivity index (χ1n) is 21.9. The van der Waals surface area contributed by atoms with Crippen molar-refractivity contribution >= 4 is 11.9 Å². The van der Waals surface area contributed by atoms with Gasteiger partial charge in [0.15, 0.2) is 12.4 Å². The summed E-state index contributed by atoms with van der Waals surface area (Å²) in [6, 6.07) is 0. The second-order valence-electron chi connectivity index (χ2n) is 21.1. The maximum absolute atomic E-state index is 13.7. The molecule has 7 aliphatic carbocycles. The van der Waals surface area contributed by atoms with Gasteiger partial charge in [0.1, 0.15) is 18.3 Å². The van der Waals surface area contributed by atoms with E-state index in [1.165, 1.54) is 16.7 Å². The maximum atomic E-state index is 13.7. The van der Waals surface area contributed by atoms with Gasteiger partial charge in [-0.25, -0.2) is 4.79 Å². The summed E-state index contributed by atoms with van der Waals surface area (Å²) in [5, 5.41) is 53.2. The van der Waals surface area contributed by atoms with Crippen molar-refractivity contribution in [3.63, 3.8) is 0 Å². The highest BCUT2D eigenvalue weighted by atomic mass is 16.7. The minimum atomic E-state index is -1.78. The molecule has 0 radical (unpaired) electrons. The van der Waals surface area contributed by atoms with E-state index < -0.39 is 65.0 Å². The summed E-state index contributed by atoms with van der Waals surface area (Å²) in [7, 11) is 0. The van der Waals surface area contributed by atoms with Crippen LogP contribution in [0.2, 0.25) is 0 Å². The number of aliphatic hydroxyl groups excluding tert-OH is 3. The highest BCUT2D eigenvalue weighted by molar-refractivity contribution is 5.79. The van der Waals surface area contributed by atoms with E-state index in [1.54, 1.807) is 0 Å². The molecule has 8 aliphatic rings. The summed E-state index contributed by atoms with van der Waals surface area (Å²) in [6.07, 6.45) is 21.4. The van der Waals surface area contributed by atoms with Gasteiger partial charge >= 0.3 is 11.9 Å². The Labute approximate surface area is 337 Å². The van der Waals surface area contributed by atoms with Gasteiger partial charge in [-0.2, -0.15) is 0 Å². The number of fused-ring (bicyclic) bond motifs is 2. The zero-order valence-corrected chi connectivity index (χ0v) is 34.6. The highest BCUT2D eigenvalue weighted by Crippen LogP contribution is 2.85. The molecule has 2 heterocycles. The zero-order chi connectivity index (χ0) is 40.6. The van der Waals surface area contributed by atoms with Crippen LogP contribution in [0, 0.1) is 49.2 Å². The molecule has 1 aromatic rings. The Kier molecular flexibility index (Phi) is 8.96. The Bertz CT molecular complexity index is 1920. The Morgan fingerprint density at radius 2 is 1.60 bits per heavy atom. The third-order valence-electron chi connectivity index (χ3n) is 19.0. The van der Waals surface area contributed by atoms with E-state index >= 15 is 0 Å². The van der Waals surface area contributed by atoms with Gasteiger partial charge in [0.2, 0.25) is 0 Å². The molecular formula is C47H65NO9. The average Bonchev–Trinajstić information content (AvgIpc) is 3.62. The predicted molar refractivity (Wildman–Crippen MR) is 213 cm³/mol. The zero-order valence-electron chi connectivity index (χ0n) is 34.6. The number of nitrogens with one attached hydrogen (secondary N) is 1. The molecule has 9 rings (SSSR count). The average molecular weight is 788 g/mol. The fourth-order valence-corrected chi connectivity index (χ4v) is 16.1. The van der Waals surface area contributed by atoms with Gasteiger partial charge < -0.3 is 40.0 Å². The van der Waals surface area contributed by atoms with Gasteiger partial charge in [-0.05, 0) is 135 Å². The number of aliphatic hydroxyl groups is 3. The first kappa shape index (κ1) is 39.7. The quantitative estimate of drug-likeness (QED) is 0.117. The van der Waals surface area contributed by atoms with Crippen LogP contribution in [0.5, 0.6) is 0 Å². The molecule has 1 aliphatic heterocycles. The number of hydrogen-bond donors (Lipinski definition) is 6. The van der Waals surface area contributed by atoms with Crippen LogP contribution in [0.25, 0.3) is 0 Å². The molecule has 0 amide bonds. The van der Waals surface area contributed by atoms with E-state index in [2.05, 4.69) is 82.4 Å². The number of ether oxygens (including phenoxy) is 2. The van der Waals surface area contributed by atoms with Crippen molar-refractivity contribution in [2.75, 3.05) is 0 Å². The highest BCUT2D eigenvalue weighted by Gasteiger charge is 2.79. The van der Waals surface area contributed by atoms with Gasteiger partial charge in [-0.1, -0.05) is 70.6 Å². The molecule has 4 saturated carbocycles. The van der Waals surface area contributed by atoms with Crippen LogP contribution < -0.4 is 0 Å². The van der Waals surface area contributed by atoms with Crippen molar-refractivity contribution in [2.24, 2.45) is 49.2 Å². The van der Waals surface area contributed by atoms with E-state index in [0.29, 0.717) is 12.8 Å². The van der Waals surface area contributed by atoms with Crippen molar-refractivity contribution < 1.29 is 44.6 Å². The van der Waals surface area contributed by atoms with Gasteiger partial charge in [0.05, 0.1) is 11.5 Å². The normalized spacial score (nSPS) is 49.1. The van der Waals surface area contributed by atoms with E-state index in [-0.39, 0.29) is 33.0 Å². The van der Waals surface area contributed by atoms with Crippen LogP contribution in [0.1, 0.15) is 129 Å². The Balaban J connectivity index is 1.16. The molecule has 14 atom stereocenters. The van der Waals surface area contributed by atoms with E-state index in [1.807, 2.05) is 0 Å². The number of aliphatic carboxylic acids is 2. The first-order chi connectivity index (χ1) is 26.9. The molecule has 2 spiro atoms. The number of rotatable bonds is 8. The fraction of sp³-hybridized carbons (Fsp3) is 0.745. The number of H-pyrrole nitrogens is 1. The summed E-state index contributed by atoms with van der Waals surface area (Å²) >= 11 is 0. The topological polar surface area (TPSA) is 170 Å². The molecule has 10 nitrogen and oxygen atoms in total. The van der Waals surface area contributed by atoms with Crippen molar-refractivity contribution in [3.8, 4) is 0 Å². The van der Waals surface area contributed by atoms with Crippen LogP contribution >= 0.6 is 0 Å². The third kappa shape index (κ3) is 4.88. The summed E-state index contributed by atoms with van der Waals surface area (Å²) in [5.74, 6) is -1.85. The molecule has 6 N–H and O–H groups in total. The number of allylic oxidation sites excluding steroid dienone is 6. The van der Waals surface area contributed by atoms with Crippen molar-refractivity contribution in [2.45, 2.75) is 168 Å². The number of aromatic amines is 1. The summed E-state index contributed by atoms with van der Waals surface area (Å²) in [4.78, 5) is 29.1. The van der Waals surface area contributed by atoms with Crippen LogP contribution in [-0.4, -0.2) is 79.3 Å². The first-order valence-corrected chi connectivity index (χ1v) is 21.9. The van der Waals surface area contributed by atoms with Crippen LogP contribution in [0.15, 0.2) is 48.3 Å². The molecule has 4 bridgehead atoms. The molecule has 57 heavy (non-hydrogen) atoms. The van der Waals surface area contributed by atoms with Crippen molar-refractivity contribution in [1.82, 2.24) is 4.98 Å². The Morgan fingerprint density at radius 1 is 0.860 bits per heavy atom. The number of carboxylic acids is 2. The lowest BCUT2D eigenvalue weighted by molar-refractivity contribution is -0.329. The number of aryl methyl sites for hydroxylation is 2. The number of carbonyl (C=O) groups is 2. The van der Waals surface area contributed by atoms with Crippen molar-refractivity contribution in [3.05, 3.63) is 59.5 Å². The minimum Gasteiger partial charge on any atom is -0.481 e. The maximum Gasteiger partial charge on any atom is 0.335 e. The van der Waals surface area contributed by atoms with E-state index in [4.69, 9.17) is 9.47 Å². The number of aromatic nitrogens is 1. The molecule has 1 saturated heterocycles. The molecule has 14 unspecified atom stereocenters. The molecule has 10 heteroatoms. The SMILES string of the molecule is CCc1c[nH]cc1CCC12CCC(OC3OC(C(=O)O)C(O)C(O)C3O)C(C)(C)C1CCC1(C)C34CC=CC21CC=C3C12C=CCC(C)(CCC1(C(=O)O)CC4)C2. The molecule has 312 valence electrons. The lowest BCUT2D eigenvalue weighted by Crippen LogP contribution is -2.73. The lowest BCUT2D eigenvalue weighted by Gasteiger charge is -2.79. The van der Waals surface area contributed by atoms with E-state index in [9.17, 15) is 35.1 Å². The molecular weight excluding hydrogens is 723 g/mol. The lowest BCUT2D eigenvalue weighted by atomic mass is 9.24. The van der Waals surface area contributed by atoms with Crippen LogP contribution in [-0.2, 0) is 31.9 Å². The molecule has 5 fully saturated rings. The Hall–Kier alpha value is -2.76. The largest absolute Gasteiger partial charge is 0.481 e. The third-order valence-corrected chi connectivity index (χ3v) is 19.0. The summed E-state index contributed by atoms with van der Waals surface area (Å²) < 4.78 is 12.3. The monoisotopic (exact) mass is 787 g/mol. The number of hydrogen-bond acceptors (Lipinski definition) is 7. The second-order valence-corrected chi connectivity index (χ2v) is 21.1.